The number of nitrogens with zero attached hydrogens (tertiary/aromatic N) is 2. The summed E-state index contributed by atoms with van der Waals surface area (Å²) >= 11 is 5.18. The fraction of sp³-hybridized carbons (Fsp3) is 0.333. The maximum atomic E-state index is 5.36. The summed E-state index contributed by atoms with van der Waals surface area (Å²) in [6.45, 7) is 2.52. The summed E-state index contributed by atoms with van der Waals surface area (Å²) in [7, 11) is 3.27. The van der Waals surface area contributed by atoms with Crippen LogP contribution in [-0.4, -0.2) is 29.0 Å². The summed E-state index contributed by atoms with van der Waals surface area (Å²) in [6, 6.07) is 5.72. The van der Waals surface area contributed by atoms with Gasteiger partial charge in [-0.05, 0) is 31.3 Å². The summed E-state index contributed by atoms with van der Waals surface area (Å²) in [6.07, 6.45) is 0. The van der Waals surface area contributed by atoms with Gasteiger partial charge in [0.05, 0.1) is 20.8 Å². The smallest absolute Gasteiger partial charge is 0.195 e. The number of rotatable bonds is 4. The van der Waals surface area contributed by atoms with E-state index < -0.39 is 0 Å². The van der Waals surface area contributed by atoms with Crippen LogP contribution in [0, 0.1) is 11.7 Å². The van der Waals surface area contributed by atoms with E-state index in [1.54, 1.807) is 14.2 Å². The molecule has 96 valence electrons. The van der Waals surface area contributed by atoms with E-state index in [2.05, 4.69) is 10.2 Å². The first-order valence-corrected chi connectivity index (χ1v) is 5.89. The Balaban J connectivity index is 2.37. The second-order valence-corrected chi connectivity index (χ2v) is 4.23. The molecule has 0 saturated carbocycles. The number of aromatic amines is 1. The molecule has 0 fully saturated rings. The number of aromatic nitrogens is 3. The molecular formula is C12H15N3O2S. The minimum Gasteiger partial charge on any atom is -0.497 e. The highest BCUT2D eigenvalue weighted by Crippen LogP contribution is 2.25. The zero-order valence-electron chi connectivity index (χ0n) is 10.6. The number of methoxy groups -OCH3 is 2. The van der Waals surface area contributed by atoms with E-state index >= 15 is 0 Å². The molecule has 18 heavy (non-hydrogen) atoms. The second kappa shape index (κ2) is 5.22. The molecule has 1 heterocycles. The lowest BCUT2D eigenvalue weighted by Crippen LogP contribution is -2.04. The SMILES string of the molecule is COc1ccc(Cn2c(C)n[nH]c2=S)c(OC)c1. The van der Waals surface area contributed by atoms with Crippen molar-refractivity contribution in [3.05, 3.63) is 34.4 Å². The Hall–Kier alpha value is -1.82. The number of nitrogens with one attached hydrogen (secondary N) is 1. The number of hydrogen-bond donors (Lipinski definition) is 1. The summed E-state index contributed by atoms with van der Waals surface area (Å²) in [5.74, 6) is 2.39. The molecule has 0 unspecified atom stereocenters. The largest absolute Gasteiger partial charge is 0.497 e. The molecule has 5 nitrogen and oxygen atoms in total. The molecule has 6 heteroatoms. The number of H-pyrrole nitrogens is 1. The lowest BCUT2D eigenvalue weighted by molar-refractivity contribution is 0.390. The van der Waals surface area contributed by atoms with Crippen molar-refractivity contribution in [3.63, 3.8) is 0 Å². The second-order valence-electron chi connectivity index (χ2n) is 3.84. The third-order valence-corrected chi connectivity index (χ3v) is 3.08. The predicted molar refractivity (Wildman–Crippen MR) is 70.8 cm³/mol. The maximum Gasteiger partial charge on any atom is 0.195 e. The highest BCUT2D eigenvalue weighted by molar-refractivity contribution is 7.71. The number of aryl methyl sites for hydroxylation is 1. The average molecular weight is 265 g/mol. The minimum atomic E-state index is 0.602. The summed E-state index contributed by atoms with van der Waals surface area (Å²) in [5.41, 5.74) is 1.03. The van der Waals surface area contributed by atoms with E-state index in [4.69, 9.17) is 21.7 Å². The number of ether oxygens (including phenoxy) is 2. The Morgan fingerprint density at radius 3 is 2.67 bits per heavy atom. The highest BCUT2D eigenvalue weighted by atomic mass is 32.1. The van der Waals surface area contributed by atoms with E-state index in [9.17, 15) is 0 Å². The van der Waals surface area contributed by atoms with Gasteiger partial charge in [0.2, 0.25) is 0 Å². The molecule has 1 aromatic heterocycles. The van der Waals surface area contributed by atoms with E-state index in [-0.39, 0.29) is 0 Å². The van der Waals surface area contributed by atoms with E-state index in [0.29, 0.717) is 11.3 Å². The van der Waals surface area contributed by atoms with Crippen molar-refractivity contribution < 1.29 is 9.47 Å². The molecule has 0 amide bonds. The normalized spacial score (nSPS) is 10.4. The van der Waals surface area contributed by atoms with Crippen molar-refractivity contribution in [2.24, 2.45) is 0 Å². The monoisotopic (exact) mass is 265 g/mol. The van der Waals surface area contributed by atoms with Gasteiger partial charge in [0.25, 0.3) is 0 Å². The highest BCUT2D eigenvalue weighted by Gasteiger charge is 2.08. The maximum absolute atomic E-state index is 5.36. The molecule has 0 spiro atoms. The van der Waals surface area contributed by atoms with Crippen LogP contribution in [0.5, 0.6) is 11.5 Å². The van der Waals surface area contributed by atoms with E-state index in [1.807, 2.05) is 29.7 Å². The Bertz CT molecular complexity index is 604. The molecule has 0 aliphatic rings. The van der Waals surface area contributed by atoms with Gasteiger partial charge in [0, 0.05) is 11.6 Å². The van der Waals surface area contributed by atoms with Gasteiger partial charge in [0.15, 0.2) is 4.77 Å². The van der Waals surface area contributed by atoms with Crippen LogP contribution >= 0.6 is 12.2 Å². The molecule has 0 aliphatic heterocycles. The number of benzene rings is 1. The van der Waals surface area contributed by atoms with Gasteiger partial charge in [-0.3, -0.25) is 9.67 Å². The van der Waals surface area contributed by atoms with Crippen molar-refractivity contribution >= 4 is 12.2 Å². The lowest BCUT2D eigenvalue weighted by Gasteiger charge is -2.11. The quantitative estimate of drug-likeness (QED) is 0.862. The molecule has 2 aromatic rings. The first-order chi connectivity index (χ1) is 8.65. The van der Waals surface area contributed by atoms with Crippen molar-refractivity contribution in [2.45, 2.75) is 13.5 Å². The van der Waals surface area contributed by atoms with Crippen molar-refractivity contribution in [2.75, 3.05) is 14.2 Å². The fourth-order valence-electron chi connectivity index (χ4n) is 1.74. The van der Waals surface area contributed by atoms with Crippen LogP contribution in [-0.2, 0) is 6.54 Å². The van der Waals surface area contributed by atoms with Gasteiger partial charge in [-0.25, -0.2) is 0 Å². The van der Waals surface area contributed by atoms with Gasteiger partial charge in [-0.2, -0.15) is 5.10 Å². The van der Waals surface area contributed by atoms with Gasteiger partial charge in [0.1, 0.15) is 17.3 Å². The topological polar surface area (TPSA) is 52.1 Å². The van der Waals surface area contributed by atoms with Crippen LogP contribution < -0.4 is 9.47 Å². The summed E-state index contributed by atoms with van der Waals surface area (Å²) in [4.78, 5) is 0. The zero-order valence-corrected chi connectivity index (χ0v) is 11.4. The molecule has 0 atom stereocenters. The van der Waals surface area contributed by atoms with Crippen LogP contribution in [0.4, 0.5) is 0 Å². The molecule has 0 aliphatic carbocycles. The minimum absolute atomic E-state index is 0.602. The van der Waals surface area contributed by atoms with Crippen LogP contribution in [0.2, 0.25) is 0 Å². The molecular weight excluding hydrogens is 250 g/mol. The lowest BCUT2D eigenvalue weighted by atomic mass is 10.2. The van der Waals surface area contributed by atoms with Crippen LogP contribution in [0.25, 0.3) is 0 Å². The zero-order chi connectivity index (χ0) is 13.1. The van der Waals surface area contributed by atoms with Crippen LogP contribution in [0.3, 0.4) is 0 Å². The Labute approximate surface area is 110 Å². The Morgan fingerprint density at radius 1 is 1.33 bits per heavy atom. The molecule has 0 saturated heterocycles. The van der Waals surface area contributed by atoms with Crippen molar-refractivity contribution in [3.8, 4) is 11.5 Å². The summed E-state index contributed by atoms with van der Waals surface area (Å²) in [5, 5.41) is 6.85. The fourth-order valence-corrected chi connectivity index (χ4v) is 1.98. The predicted octanol–water partition coefficient (Wildman–Crippen LogP) is 2.31. The molecule has 0 bridgehead atoms. The molecule has 1 N–H and O–H groups in total. The van der Waals surface area contributed by atoms with Crippen LogP contribution in [0.1, 0.15) is 11.4 Å². The third-order valence-electron chi connectivity index (χ3n) is 2.77. The van der Waals surface area contributed by atoms with Gasteiger partial charge in [-0.15, -0.1) is 0 Å². The van der Waals surface area contributed by atoms with Crippen molar-refractivity contribution in [1.82, 2.24) is 14.8 Å². The first kappa shape index (κ1) is 12.6. The molecule has 1 aromatic carbocycles. The van der Waals surface area contributed by atoms with Crippen LogP contribution in [0.15, 0.2) is 18.2 Å². The van der Waals surface area contributed by atoms with Crippen molar-refractivity contribution in [1.29, 1.82) is 0 Å². The Morgan fingerprint density at radius 2 is 2.11 bits per heavy atom. The van der Waals surface area contributed by atoms with Gasteiger partial charge < -0.3 is 9.47 Å². The first-order valence-electron chi connectivity index (χ1n) is 5.48. The molecule has 0 radical (unpaired) electrons. The van der Waals surface area contributed by atoms with E-state index in [1.165, 1.54) is 0 Å². The standard InChI is InChI=1S/C12H15N3O2S/c1-8-13-14-12(18)15(8)7-9-4-5-10(16-2)6-11(9)17-3/h4-6H,7H2,1-3H3,(H,14,18). The van der Waals surface area contributed by atoms with E-state index in [0.717, 1.165) is 22.9 Å². The number of hydrogen-bond acceptors (Lipinski definition) is 4. The summed E-state index contributed by atoms with van der Waals surface area (Å²) < 4.78 is 13.0. The van der Waals surface area contributed by atoms with Gasteiger partial charge >= 0.3 is 0 Å². The third kappa shape index (κ3) is 2.38. The van der Waals surface area contributed by atoms with Gasteiger partial charge in [-0.1, -0.05) is 0 Å². The average Bonchev–Trinajstić information content (AvgIpc) is 2.71. The Kier molecular flexibility index (Phi) is 3.66. The molecule has 2 rings (SSSR count).